The predicted molar refractivity (Wildman–Crippen MR) is 61.5 cm³/mol. The van der Waals surface area contributed by atoms with Gasteiger partial charge in [0.25, 0.3) is 0 Å². The molecule has 16 heavy (non-hydrogen) atoms. The van der Waals surface area contributed by atoms with Crippen molar-refractivity contribution >= 4 is 0 Å². The summed E-state index contributed by atoms with van der Waals surface area (Å²) in [4.78, 5) is 0. The highest BCUT2D eigenvalue weighted by atomic mass is 16.5. The van der Waals surface area contributed by atoms with Crippen molar-refractivity contribution in [3.8, 4) is 5.75 Å². The molecule has 1 aromatic carbocycles. The minimum absolute atomic E-state index is 0.0288. The van der Waals surface area contributed by atoms with Crippen molar-refractivity contribution in [1.29, 1.82) is 0 Å². The highest BCUT2D eigenvalue weighted by Gasteiger charge is 2.31. The summed E-state index contributed by atoms with van der Waals surface area (Å²) in [5, 5.41) is 10.0. The summed E-state index contributed by atoms with van der Waals surface area (Å²) < 4.78 is 10.9. The topological polar surface area (TPSA) is 38.7 Å². The molecule has 0 bridgehead atoms. The molecule has 2 unspecified atom stereocenters. The molecule has 2 atom stereocenters. The standard InChI is InChI=1S/C13H18O3/c1-13(14)6-7-16-12(9-13)10-4-3-5-11(8-10)15-2/h3-5,8,12,14H,6-7,9H2,1-2H3. The number of ether oxygens (including phenoxy) is 2. The first kappa shape index (κ1) is 11.4. The lowest BCUT2D eigenvalue weighted by Gasteiger charge is -2.34. The molecule has 1 heterocycles. The van der Waals surface area contributed by atoms with Gasteiger partial charge < -0.3 is 14.6 Å². The lowest BCUT2D eigenvalue weighted by atomic mass is 9.89. The molecule has 1 saturated heterocycles. The molecule has 1 aliphatic rings. The zero-order chi connectivity index (χ0) is 11.6. The summed E-state index contributed by atoms with van der Waals surface area (Å²) in [6, 6.07) is 7.83. The zero-order valence-corrected chi connectivity index (χ0v) is 9.77. The minimum atomic E-state index is -0.619. The molecule has 88 valence electrons. The summed E-state index contributed by atoms with van der Waals surface area (Å²) in [5.41, 5.74) is 0.450. The van der Waals surface area contributed by atoms with E-state index in [9.17, 15) is 5.11 Å². The Labute approximate surface area is 96.0 Å². The van der Waals surface area contributed by atoms with Gasteiger partial charge in [-0.15, -0.1) is 0 Å². The summed E-state index contributed by atoms with van der Waals surface area (Å²) in [6.45, 7) is 2.47. The van der Waals surface area contributed by atoms with Crippen LogP contribution >= 0.6 is 0 Å². The van der Waals surface area contributed by atoms with Crippen molar-refractivity contribution in [2.45, 2.75) is 31.5 Å². The normalized spacial score (nSPS) is 30.1. The molecule has 1 aliphatic heterocycles. The van der Waals surface area contributed by atoms with Crippen LogP contribution in [0.4, 0.5) is 0 Å². The van der Waals surface area contributed by atoms with Crippen LogP contribution in [0.25, 0.3) is 0 Å². The number of hydrogen-bond acceptors (Lipinski definition) is 3. The van der Waals surface area contributed by atoms with Gasteiger partial charge >= 0.3 is 0 Å². The molecule has 0 aliphatic carbocycles. The van der Waals surface area contributed by atoms with Crippen LogP contribution < -0.4 is 4.74 Å². The van der Waals surface area contributed by atoms with Gasteiger partial charge in [-0.1, -0.05) is 12.1 Å². The highest BCUT2D eigenvalue weighted by Crippen LogP contribution is 2.34. The summed E-state index contributed by atoms with van der Waals surface area (Å²) in [7, 11) is 1.65. The van der Waals surface area contributed by atoms with Crippen LogP contribution in [0.5, 0.6) is 5.75 Å². The average Bonchev–Trinajstić information content (AvgIpc) is 2.28. The zero-order valence-electron chi connectivity index (χ0n) is 9.77. The number of benzene rings is 1. The first-order valence-corrected chi connectivity index (χ1v) is 5.59. The van der Waals surface area contributed by atoms with Crippen LogP contribution in [0, 0.1) is 0 Å². The van der Waals surface area contributed by atoms with Gasteiger partial charge in [0.1, 0.15) is 5.75 Å². The quantitative estimate of drug-likeness (QED) is 0.834. The van der Waals surface area contributed by atoms with Gasteiger partial charge in [-0.2, -0.15) is 0 Å². The van der Waals surface area contributed by atoms with Crippen LogP contribution in [0.3, 0.4) is 0 Å². The van der Waals surface area contributed by atoms with Crippen molar-refractivity contribution in [3.05, 3.63) is 29.8 Å². The number of rotatable bonds is 2. The Kier molecular flexibility index (Phi) is 3.17. The van der Waals surface area contributed by atoms with Gasteiger partial charge in [-0.05, 0) is 31.0 Å². The lowest BCUT2D eigenvalue weighted by molar-refractivity contribution is -0.0952. The van der Waals surface area contributed by atoms with Crippen molar-refractivity contribution < 1.29 is 14.6 Å². The van der Waals surface area contributed by atoms with Crippen molar-refractivity contribution in [1.82, 2.24) is 0 Å². The third-order valence-electron chi connectivity index (χ3n) is 3.05. The Morgan fingerprint density at radius 2 is 2.31 bits per heavy atom. The molecule has 2 rings (SSSR count). The van der Waals surface area contributed by atoms with Gasteiger partial charge in [-0.25, -0.2) is 0 Å². The van der Waals surface area contributed by atoms with E-state index in [0.29, 0.717) is 19.4 Å². The molecule has 0 amide bonds. The van der Waals surface area contributed by atoms with E-state index in [1.165, 1.54) is 0 Å². The fourth-order valence-corrected chi connectivity index (χ4v) is 2.04. The van der Waals surface area contributed by atoms with Gasteiger partial charge in [-0.3, -0.25) is 0 Å². The monoisotopic (exact) mass is 222 g/mol. The largest absolute Gasteiger partial charge is 0.497 e. The van der Waals surface area contributed by atoms with Crippen LogP contribution in [0.1, 0.15) is 31.4 Å². The highest BCUT2D eigenvalue weighted by molar-refractivity contribution is 5.30. The Bertz CT molecular complexity index is 360. The van der Waals surface area contributed by atoms with E-state index in [1.54, 1.807) is 7.11 Å². The number of hydrogen-bond donors (Lipinski definition) is 1. The van der Waals surface area contributed by atoms with Gasteiger partial charge in [0, 0.05) is 6.42 Å². The lowest BCUT2D eigenvalue weighted by Crippen LogP contribution is -2.34. The number of methoxy groups -OCH3 is 1. The Balaban J connectivity index is 2.16. The van der Waals surface area contributed by atoms with Crippen molar-refractivity contribution in [3.63, 3.8) is 0 Å². The van der Waals surface area contributed by atoms with E-state index in [1.807, 2.05) is 31.2 Å². The van der Waals surface area contributed by atoms with Crippen LogP contribution in [0.2, 0.25) is 0 Å². The molecular formula is C13H18O3. The maximum Gasteiger partial charge on any atom is 0.119 e. The second kappa shape index (κ2) is 4.44. The van der Waals surface area contributed by atoms with E-state index < -0.39 is 5.60 Å². The summed E-state index contributed by atoms with van der Waals surface area (Å²) in [6.07, 6.45) is 1.31. The number of aliphatic hydroxyl groups is 1. The van der Waals surface area contributed by atoms with Crippen LogP contribution in [0.15, 0.2) is 24.3 Å². The summed E-state index contributed by atoms with van der Waals surface area (Å²) in [5.74, 6) is 0.825. The first-order chi connectivity index (χ1) is 7.61. The third kappa shape index (κ3) is 2.54. The van der Waals surface area contributed by atoms with Crippen molar-refractivity contribution in [2.75, 3.05) is 13.7 Å². The molecule has 1 fully saturated rings. The Morgan fingerprint density at radius 1 is 1.50 bits per heavy atom. The predicted octanol–water partition coefficient (Wildman–Crippen LogP) is 2.30. The van der Waals surface area contributed by atoms with E-state index in [0.717, 1.165) is 11.3 Å². The fourth-order valence-electron chi connectivity index (χ4n) is 2.04. The molecule has 0 radical (unpaired) electrons. The van der Waals surface area contributed by atoms with E-state index >= 15 is 0 Å². The second-order valence-corrected chi connectivity index (χ2v) is 4.59. The van der Waals surface area contributed by atoms with Gasteiger partial charge in [0.2, 0.25) is 0 Å². The minimum Gasteiger partial charge on any atom is -0.497 e. The molecule has 1 aromatic rings. The molecule has 3 nitrogen and oxygen atoms in total. The Morgan fingerprint density at radius 3 is 3.00 bits per heavy atom. The van der Waals surface area contributed by atoms with Crippen molar-refractivity contribution in [2.24, 2.45) is 0 Å². The fraction of sp³-hybridized carbons (Fsp3) is 0.538. The maximum atomic E-state index is 10.0. The van der Waals surface area contributed by atoms with Gasteiger partial charge in [0.15, 0.2) is 0 Å². The van der Waals surface area contributed by atoms with E-state index in [4.69, 9.17) is 9.47 Å². The molecule has 0 saturated carbocycles. The third-order valence-corrected chi connectivity index (χ3v) is 3.05. The molecule has 0 aromatic heterocycles. The molecule has 1 N–H and O–H groups in total. The molecule has 0 spiro atoms. The van der Waals surface area contributed by atoms with E-state index in [2.05, 4.69) is 0 Å². The molecular weight excluding hydrogens is 204 g/mol. The average molecular weight is 222 g/mol. The smallest absolute Gasteiger partial charge is 0.119 e. The summed E-state index contributed by atoms with van der Waals surface area (Å²) >= 11 is 0. The Hall–Kier alpha value is -1.06. The van der Waals surface area contributed by atoms with Crippen LogP contribution in [-0.4, -0.2) is 24.4 Å². The van der Waals surface area contributed by atoms with Gasteiger partial charge in [0.05, 0.1) is 25.4 Å². The second-order valence-electron chi connectivity index (χ2n) is 4.59. The molecule has 3 heteroatoms. The SMILES string of the molecule is COc1cccc(C2CC(C)(O)CCO2)c1. The first-order valence-electron chi connectivity index (χ1n) is 5.59. The maximum absolute atomic E-state index is 10.0. The van der Waals surface area contributed by atoms with E-state index in [-0.39, 0.29) is 6.10 Å². The van der Waals surface area contributed by atoms with Crippen LogP contribution in [-0.2, 0) is 4.74 Å².